The van der Waals surface area contributed by atoms with Crippen LogP contribution in [0.5, 0.6) is 5.75 Å². The number of carbonyl (C=O) groups is 1. The molecule has 4 heteroatoms. The van der Waals surface area contributed by atoms with Crippen molar-refractivity contribution in [1.29, 1.82) is 0 Å². The fraction of sp³-hybridized carbons (Fsp3) is 0.312. The average Bonchev–Trinajstić information content (AvgIpc) is 2.92. The topological polar surface area (TPSA) is 47.6 Å². The summed E-state index contributed by atoms with van der Waals surface area (Å²) in [7, 11) is 1.61. The van der Waals surface area contributed by atoms with E-state index in [1.807, 2.05) is 24.3 Å². The van der Waals surface area contributed by atoms with E-state index in [0.29, 0.717) is 19.6 Å². The molecule has 1 amide bonds. The Balaban J connectivity index is 1.78. The predicted octanol–water partition coefficient (Wildman–Crippen LogP) is 1.91. The highest BCUT2D eigenvalue weighted by Gasteiger charge is 2.29. The minimum Gasteiger partial charge on any atom is -0.480 e. The number of carbonyl (C=O) groups excluding carboxylic acids is 1. The Labute approximate surface area is 117 Å². The smallest absolute Gasteiger partial charge is 0.261 e. The number of hydrogen-bond donors (Lipinski definition) is 1. The van der Waals surface area contributed by atoms with Crippen LogP contribution in [-0.4, -0.2) is 32.3 Å². The summed E-state index contributed by atoms with van der Waals surface area (Å²) in [6.45, 7) is 1.01. The molecule has 1 aliphatic rings. The number of ether oxygens (including phenoxy) is 2. The third-order valence-electron chi connectivity index (χ3n) is 3.55. The fourth-order valence-electron chi connectivity index (χ4n) is 2.55. The summed E-state index contributed by atoms with van der Waals surface area (Å²) in [6, 6.07) is 12.1. The summed E-state index contributed by atoms with van der Waals surface area (Å²) in [5, 5.41) is 5.16. The van der Waals surface area contributed by atoms with Gasteiger partial charge in [0.25, 0.3) is 5.91 Å². The van der Waals surface area contributed by atoms with Gasteiger partial charge in [-0.3, -0.25) is 4.79 Å². The molecule has 0 unspecified atom stereocenters. The van der Waals surface area contributed by atoms with Crippen LogP contribution in [0.3, 0.4) is 0 Å². The van der Waals surface area contributed by atoms with E-state index in [1.165, 1.54) is 5.39 Å². The van der Waals surface area contributed by atoms with Crippen molar-refractivity contribution in [2.75, 3.05) is 20.3 Å². The van der Waals surface area contributed by atoms with Crippen molar-refractivity contribution in [3.05, 3.63) is 42.0 Å². The molecule has 0 aliphatic carbocycles. The van der Waals surface area contributed by atoms with E-state index in [1.54, 1.807) is 7.11 Å². The number of nitrogens with one attached hydrogen (secondary N) is 1. The molecule has 0 saturated carbocycles. The van der Waals surface area contributed by atoms with Gasteiger partial charge in [0, 0.05) is 25.6 Å². The van der Waals surface area contributed by atoms with E-state index in [0.717, 1.165) is 16.7 Å². The first kappa shape index (κ1) is 12.9. The highest BCUT2D eigenvalue weighted by Crippen LogP contribution is 2.34. The molecule has 0 aromatic heterocycles. The quantitative estimate of drug-likeness (QED) is 0.864. The second-order valence-corrected chi connectivity index (χ2v) is 4.86. The van der Waals surface area contributed by atoms with E-state index >= 15 is 0 Å². The molecule has 1 atom stereocenters. The minimum atomic E-state index is -0.437. The summed E-state index contributed by atoms with van der Waals surface area (Å²) in [5.41, 5.74) is 1.12. The summed E-state index contributed by atoms with van der Waals surface area (Å²) >= 11 is 0. The lowest BCUT2D eigenvalue weighted by atomic mass is 10.0. The first-order valence-corrected chi connectivity index (χ1v) is 6.73. The van der Waals surface area contributed by atoms with Crippen molar-refractivity contribution in [1.82, 2.24) is 5.32 Å². The van der Waals surface area contributed by atoms with Crippen LogP contribution in [-0.2, 0) is 16.0 Å². The lowest BCUT2D eigenvalue weighted by molar-refractivity contribution is -0.127. The molecule has 104 valence electrons. The molecular formula is C16H17NO3. The average molecular weight is 271 g/mol. The molecule has 0 spiro atoms. The molecule has 1 N–H and O–H groups in total. The Morgan fingerprint density at radius 2 is 2.20 bits per heavy atom. The van der Waals surface area contributed by atoms with Crippen LogP contribution in [0.4, 0.5) is 0 Å². The summed E-state index contributed by atoms with van der Waals surface area (Å²) in [4.78, 5) is 12.0. The van der Waals surface area contributed by atoms with Crippen LogP contribution in [0.25, 0.3) is 10.8 Å². The molecule has 0 bridgehead atoms. The van der Waals surface area contributed by atoms with Gasteiger partial charge in [-0.15, -0.1) is 0 Å². The molecule has 3 rings (SSSR count). The van der Waals surface area contributed by atoms with Crippen LogP contribution in [0, 0.1) is 0 Å². The van der Waals surface area contributed by atoms with E-state index in [2.05, 4.69) is 17.4 Å². The maximum atomic E-state index is 12.0. The zero-order valence-corrected chi connectivity index (χ0v) is 11.4. The summed E-state index contributed by atoms with van der Waals surface area (Å²) < 4.78 is 10.7. The van der Waals surface area contributed by atoms with Gasteiger partial charge in [0.15, 0.2) is 6.10 Å². The van der Waals surface area contributed by atoms with E-state index < -0.39 is 6.10 Å². The number of fused-ring (bicyclic) bond motifs is 3. The number of amides is 1. The lowest BCUT2D eigenvalue weighted by Crippen LogP contribution is -2.38. The maximum absolute atomic E-state index is 12.0. The molecule has 2 aromatic rings. The number of hydrogen-bond acceptors (Lipinski definition) is 3. The second kappa shape index (κ2) is 5.51. The molecule has 0 radical (unpaired) electrons. The van der Waals surface area contributed by atoms with E-state index in [4.69, 9.17) is 9.47 Å². The Hall–Kier alpha value is -2.07. The Morgan fingerprint density at radius 3 is 3.05 bits per heavy atom. The molecule has 0 fully saturated rings. The van der Waals surface area contributed by atoms with Crippen molar-refractivity contribution in [3.8, 4) is 5.75 Å². The molecular weight excluding hydrogens is 254 g/mol. The van der Waals surface area contributed by atoms with Gasteiger partial charge in [-0.25, -0.2) is 0 Å². The highest BCUT2D eigenvalue weighted by atomic mass is 16.5. The molecule has 1 aliphatic heterocycles. The van der Waals surface area contributed by atoms with Crippen molar-refractivity contribution < 1.29 is 14.3 Å². The van der Waals surface area contributed by atoms with E-state index in [-0.39, 0.29) is 5.91 Å². The number of rotatable bonds is 4. The van der Waals surface area contributed by atoms with Crippen molar-refractivity contribution in [3.63, 3.8) is 0 Å². The third-order valence-corrected chi connectivity index (χ3v) is 3.55. The van der Waals surface area contributed by atoms with Crippen molar-refractivity contribution >= 4 is 16.7 Å². The Kier molecular flexibility index (Phi) is 3.56. The zero-order valence-electron chi connectivity index (χ0n) is 11.4. The first-order valence-electron chi connectivity index (χ1n) is 6.73. The fourth-order valence-corrected chi connectivity index (χ4v) is 2.55. The Morgan fingerprint density at radius 1 is 1.35 bits per heavy atom. The van der Waals surface area contributed by atoms with E-state index in [9.17, 15) is 4.79 Å². The normalized spacial score (nSPS) is 16.8. The van der Waals surface area contributed by atoms with Gasteiger partial charge in [-0.05, 0) is 16.8 Å². The number of methoxy groups -OCH3 is 1. The van der Waals surface area contributed by atoms with Gasteiger partial charge in [0.05, 0.1) is 6.61 Å². The van der Waals surface area contributed by atoms with Crippen LogP contribution >= 0.6 is 0 Å². The first-order chi connectivity index (χ1) is 9.79. The van der Waals surface area contributed by atoms with Gasteiger partial charge in [-0.2, -0.15) is 0 Å². The van der Waals surface area contributed by atoms with Crippen LogP contribution in [0.1, 0.15) is 5.56 Å². The van der Waals surface area contributed by atoms with Gasteiger partial charge < -0.3 is 14.8 Å². The van der Waals surface area contributed by atoms with Crippen LogP contribution < -0.4 is 10.1 Å². The Bertz CT molecular complexity index is 639. The number of benzene rings is 2. The van der Waals surface area contributed by atoms with Crippen LogP contribution in [0.2, 0.25) is 0 Å². The second-order valence-electron chi connectivity index (χ2n) is 4.86. The maximum Gasteiger partial charge on any atom is 0.261 e. The summed E-state index contributed by atoms with van der Waals surface area (Å²) in [5.74, 6) is 0.734. The van der Waals surface area contributed by atoms with Gasteiger partial charge in [-0.1, -0.05) is 30.3 Å². The largest absolute Gasteiger partial charge is 0.480 e. The molecule has 20 heavy (non-hydrogen) atoms. The molecule has 2 aromatic carbocycles. The summed E-state index contributed by atoms with van der Waals surface area (Å²) in [6.07, 6.45) is 0.183. The van der Waals surface area contributed by atoms with Gasteiger partial charge in [0.1, 0.15) is 5.75 Å². The highest BCUT2D eigenvalue weighted by molar-refractivity contribution is 5.90. The minimum absolute atomic E-state index is 0.0812. The third kappa shape index (κ3) is 2.34. The molecule has 4 nitrogen and oxygen atoms in total. The van der Waals surface area contributed by atoms with Gasteiger partial charge >= 0.3 is 0 Å². The van der Waals surface area contributed by atoms with Crippen LogP contribution in [0.15, 0.2) is 36.4 Å². The van der Waals surface area contributed by atoms with Gasteiger partial charge in [0.2, 0.25) is 0 Å². The molecule has 0 saturated heterocycles. The monoisotopic (exact) mass is 271 g/mol. The predicted molar refractivity (Wildman–Crippen MR) is 77.0 cm³/mol. The molecule has 1 heterocycles. The standard InChI is InChI=1S/C16H17NO3/c1-19-9-8-17-16(18)15-10-13-12-5-3-2-4-11(12)6-7-14(13)20-15/h2-7,15H,8-10H2,1H3,(H,17,18)/t15-/m0/s1. The lowest BCUT2D eigenvalue weighted by Gasteiger charge is -2.10. The van der Waals surface area contributed by atoms with Crippen molar-refractivity contribution in [2.45, 2.75) is 12.5 Å². The van der Waals surface area contributed by atoms with Crippen molar-refractivity contribution in [2.24, 2.45) is 0 Å². The SMILES string of the molecule is COCCNC(=O)[C@@H]1Cc2c(ccc3ccccc23)O1. The zero-order chi connectivity index (χ0) is 13.9.